The van der Waals surface area contributed by atoms with Crippen molar-refractivity contribution in [1.82, 2.24) is 0 Å². The number of hydrogen-bond donors (Lipinski definition) is 0. The van der Waals surface area contributed by atoms with Crippen molar-refractivity contribution < 1.29 is 78.9 Å². The molecule has 0 radical (unpaired) electrons. The number of hydrogen-bond acceptors (Lipinski definition) is 4. The summed E-state index contributed by atoms with van der Waals surface area (Å²) >= 11 is 0. The first kappa shape index (κ1) is 48.8. The van der Waals surface area contributed by atoms with Gasteiger partial charge in [0.15, 0.2) is 0 Å². The van der Waals surface area contributed by atoms with Gasteiger partial charge in [0, 0.05) is 11.9 Å². The normalized spacial score (nSPS) is 11.1. The topological polar surface area (TPSA) is 80.3 Å². The monoisotopic (exact) mass is 604 g/mol. The van der Waals surface area contributed by atoms with Crippen molar-refractivity contribution in [3.8, 4) is 0 Å². The van der Waals surface area contributed by atoms with Crippen LogP contribution < -0.4 is 69.3 Å². The Kier molecular flexibility index (Phi) is 52.7. The molecular formula is C36H62Na2O4. The number of carbonyl (C=O) groups excluding carboxylic acids is 2. The molecule has 0 bridgehead atoms. The van der Waals surface area contributed by atoms with Crippen molar-refractivity contribution in [2.45, 2.75) is 168 Å². The van der Waals surface area contributed by atoms with Crippen LogP contribution in [0.3, 0.4) is 0 Å². The van der Waals surface area contributed by atoms with Gasteiger partial charge >= 0.3 is 59.1 Å². The molecule has 0 aliphatic heterocycles. The molecule has 42 heavy (non-hydrogen) atoms. The molecule has 0 N–H and O–H groups in total. The molecule has 4 nitrogen and oxygen atoms in total. The van der Waals surface area contributed by atoms with Crippen LogP contribution in [-0.4, -0.2) is 11.9 Å². The summed E-state index contributed by atoms with van der Waals surface area (Å²) < 4.78 is 0. The molecule has 0 saturated heterocycles. The summed E-state index contributed by atoms with van der Waals surface area (Å²) in [4.78, 5) is 20.4. The van der Waals surface area contributed by atoms with Gasteiger partial charge in [-0.1, -0.05) is 127 Å². The number of unbranched alkanes of at least 4 members (excludes halogenated alkanes) is 16. The van der Waals surface area contributed by atoms with Crippen molar-refractivity contribution in [2.24, 2.45) is 0 Å². The van der Waals surface area contributed by atoms with Gasteiger partial charge in [-0.2, -0.15) is 0 Å². The van der Waals surface area contributed by atoms with Crippen LogP contribution in [0.2, 0.25) is 0 Å². The average Bonchev–Trinajstić information content (AvgIpc) is 2.93. The van der Waals surface area contributed by atoms with E-state index in [1.165, 1.54) is 77.0 Å². The van der Waals surface area contributed by atoms with Crippen molar-refractivity contribution >= 4 is 11.9 Å². The van der Waals surface area contributed by atoms with Crippen molar-refractivity contribution in [3.05, 3.63) is 48.6 Å². The Morgan fingerprint density at radius 1 is 0.405 bits per heavy atom. The molecule has 0 aromatic rings. The summed E-state index contributed by atoms with van der Waals surface area (Å²) in [6, 6.07) is 0. The second-order valence-corrected chi connectivity index (χ2v) is 10.7. The van der Waals surface area contributed by atoms with E-state index < -0.39 is 11.9 Å². The van der Waals surface area contributed by atoms with Crippen LogP contribution in [0.4, 0.5) is 0 Å². The minimum absolute atomic E-state index is 0. The summed E-state index contributed by atoms with van der Waals surface area (Å²) in [5.74, 6) is -1.84. The van der Waals surface area contributed by atoms with Gasteiger partial charge in [0.25, 0.3) is 0 Å². The van der Waals surface area contributed by atoms with Crippen molar-refractivity contribution in [1.29, 1.82) is 0 Å². The number of carbonyl (C=O) groups is 2. The molecule has 0 fully saturated rings. The van der Waals surface area contributed by atoms with E-state index >= 15 is 0 Å². The fraction of sp³-hybridized carbons (Fsp3) is 0.722. The van der Waals surface area contributed by atoms with Gasteiger partial charge in [0.05, 0.1) is 0 Å². The Balaban J connectivity index is -0.000000328. The molecule has 0 aliphatic carbocycles. The molecule has 0 amide bonds. The van der Waals surface area contributed by atoms with E-state index in [1.807, 2.05) is 0 Å². The van der Waals surface area contributed by atoms with Gasteiger partial charge in [-0.05, 0) is 89.9 Å². The molecule has 0 heterocycles. The summed E-state index contributed by atoms with van der Waals surface area (Å²) in [6.45, 7) is 4.46. The van der Waals surface area contributed by atoms with Crippen LogP contribution in [0, 0.1) is 0 Å². The number of aliphatic carboxylic acids is 2. The SMILES string of the molecule is CCCCCC=CCC=CCCCCCCCC(=O)[O-].CCCCCC=CCC=CCCCCCCCC(=O)[O-].[Na+].[Na+]. The quantitative estimate of drug-likeness (QED) is 0.0781. The first-order chi connectivity index (χ1) is 19.5. The molecular weight excluding hydrogens is 542 g/mol. The van der Waals surface area contributed by atoms with E-state index in [4.69, 9.17) is 0 Å². The average molecular weight is 605 g/mol. The Hall–Kier alpha value is -0.1000. The van der Waals surface area contributed by atoms with E-state index in [2.05, 4.69) is 62.5 Å². The minimum Gasteiger partial charge on any atom is -0.550 e. The summed E-state index contributed by atoms with van der Waals surface area (Å²) in [5, 5.41) is 20.4. The third-order valence-electron chi connectivity index (χ3n) is 6.66. The second-order valence-electron chi connectivity index (χ2n) is 10.7. The third kappa shape index (κ3) is 52.5. The fourth-order valence-corrected chi connectivity index (χ4v) is 4.16. The smallest absolute Gasteiger partial charge is 0.550 e. The summed E-state index contributed by atoms with van der Waals surface area (Å²) in [7, 11) is 0. The van der Waals surface area contributed by atoms with Gasteiger partial charge in [-0.3, -0.25) is 0 Å². The van der Waals surface area contributed by atoms with E-state index in [0.29, 0.717) is 0 Å². The van der Waals surface area contributed by atoms with Crippen LogP contribution >= 0.6 is 0 Å². The number of carboxylic acids is 2. The van der Waals surface area contributed by atoms with Crippen LogP contribution in [0.1, 0.15) is 168 Å². The molecule has 0 rings (SSSR count). The fourth-order valence-electron chi connectivity index (χ4n) is 4.16. The predicted octanol–water partition coefficient (Wildman–Crippen LogP) is 3.11. The zero-order chi connectivity index (χ0) is 29.8. The van der Waals surface area contributed by atoms with E-state index in [0.717, 1.165) is 64.2 Å². The van der Waals surface area contributed by atoms with Gasteiger partial charge < -0.3 is 19.8 Å². The van der Waals surface area contributed by atoms with Gasteiger partial charge in [-0.25, -0.2) is 0 Å². The Bertz CT molecular complexity index is 601. The third-order valence-corrected chi connectivity index (χ3v) is 6.66. The van der Waals surface area contributed by atoms with E-state index in [-0.39, 0.29) is 72.0 Å². The molecule has 0 spiro atoms. The van der Waals surface area contributed by atoms with Crippen LogP contribution in [-0.2, 0) is 9.59 Å². The number of rotatable bonds is 28. The first-order valence-electron chi connectivity index (χ1n) is 16.5. The Morgan fingerprint density at radius 3 is 0.952 bits per heavy atom. The molecule has 0 atom stereocenters. The van der Waals surface area contributed by atoms with Crippen molar-refractivity contribution in [2.75, 3.05) is 0 Å². The standard InChI is InChI=1S/2C18H32O2.2Na/c2*1-2-3-4-5-6-7-8-9-10-11-12-13-14-15-16-17-18(19)20;;/h2*6-7,9-10H,2-5,8,11-17H2,1H3,(H,19,20);;/q;;2*+1/p-2. The predicted molar refractivity (Wildman–Crippen MR) is 169 cm³/mol. The molecule has 0 aliphatic rings. The minimum atomic E-state index is -0.921. The van der Waals surface area contributed by atoms with Crippen LogP contribution in [0.15, 0.2) is 48.6 Å². The summed E-state index contributed by atoms with van der Waals surface area (Å²) in [5.41, 5.74) is 0. The van der Waals surface area contributed by atoms with Gasteiger partial charge in [-0.15, -0.1) is 0 Å². The molecule has 6 heteroatoms. The maximum Gasteiger partial charge on any atom is 1.00 e. The number of allylic oxidation sites excluding steroid dienone is 8. The van der Waals surface area contributed by atoms with E-state index in [9.17, 15) is 19.8 Å². The second kappa shape index (κ2) is 45.3. The van der Waals surface area contributed by atoms with Gasteiger partial charge in [0.2, 0.25) is 0 Å². The largest absolute Gasteiger partial charge is 1.00 e. The zero-order valence-electron chi connectivity index (χ0n) is 28.2. The first-order valence-corrected chi connectivity index (χ1v) is 16.5. The molecule has 0 unspecified atom stereocenters. The molecule has 232 valence electrons. The molecule has 0 aromatic carbocycles. The van der Waals surface area contributed by atoms with Gasteiger partial charge in [0.1, 0.15) is 0 Å². The van der Waals surface area contributed by atoms with Crippen molar-refractivity contribution in [3.63, 3.8) is 0 Å². The zero-order valence-corrected chi connectivity index (χ0v) is 32.2. The van der Waals surface area contributed by atoms with Crippen LogP contribution in [0.5, 0.6) is 0 Å². The Morgan fingerprint density at radius 2 is 0.667 bits per heavy atom. The molecule has 0 saturated carbocycles. The maximum atomic E-state index is 10.2. The summed E-state index contributed by atoms with van der Waals surface area (Å²) in [6.07, 6.45) is 43.9. The van der Waals surface area contributed by atoms with Crippen LogP contribution in [0.25, 0.3) is 0 Å². The maximum absolute atomic E-state index is 10.2. The molecule has 0 aromatic heterocycles. The Labute approximate surface area is 304 Å². The number of carboxylic acid groups (broad SMARTS) is 2. The van der Waals surface area contributed by atoms with E-state index in [1.54, 1.807) is 0 Å².